The standard InChI is InChI=1S/C11H11ClFN/c12-8-4-3-5-9(13)10(8)11(14)6-1-2-7-11/h1-5H,6-7,14H2. The van der Waals surface area contributed by atoms with Gasteiger partial charge in [-0.2, -0.15) is 0 Å². The summed E-state index contributed by atoms with van der Waals surface area (Å²) in [6, 6.07) is 4.66. The van der Waals surface area contributed by atoms with Gasteiger partial charge < -0.3 is 5.73 Å². The minimum Gasteiger partial charge on any atom is -0.321 e. The summed E-state index contributed by atoms with van der Waals surface area (Å²) in [7, 11) is 0. The lowest BCUT2D eigenvalue weighted by Gasteiger charge is -2.25. The van der Waals surface area contributed by atoms with Gasteiger partial charge in [0.1, 0.15) is 5.82 Å². The second-order valence-electron chi connectivity index (χ2n) is 3.63. The lowest BCUT2D eigenvalue weighted by atomic mass is 9.88. The number of hydrogen-bond donors (Lipinski definition) is 1. The third-order valence-corrected chi connectivity index (χ3v) is 2.91. The van der Waals surface area contributed by atoms with Crippen LogP contribution in [0.4, 0.5) is 4.39 Å². The topological polar surface area (TPSA) is 26.0 Å². The molecule has 0 amide bonds. The van der Waals surface area contributed by atoms with E-state index in [2.05, 4.69) is 0 Å². The molecular formula is C11H11ClFN. The Morgan fingerprint density at radius 1 is 1.29 bits per heavy atom. The highest BCUT2D eigenvalue weighted by Gasteiger charge is 2.32. The monoisotopic (exact) mass is 211 g/mol. The Bertz CT molecular complexity index is 359. The largest absolute Gasteiger partial charge is 0.321 e. The molecular weight excluding hydrogens is 201 g/mol. The van der Waals surface area contributed by atoms with Crippen LogP contribution in [-0.2, 0) is 5.54 Å². The zero-order valence-electron chi connectivity index (χ0n) is 7.63. The van der Waals surface area contributed by atoms with Gasteiger partial charge in [-0.1, -0.05) is 29.8 Å². The van der Waals surface area contributed by atoms with Gasteiger partial charge in [-0.05, 0) is 25.0 Å². The molecule has 0 radical (unpaired) electrons. The molecule has 3 heteroatoms. The molecule has 0 unspecified atom stereocenters. The lowest BCUT2D eigenvalue weighted by molar-refractivity contribution is 0.448. The van der Waals surface area contributed by atoms with Crippen LogP contribution < -0.4 is 5.73 Å². The minimum atomic E-state index is -0.650. The van der Waals surface area contributed by atoms with Crippen molar-refractivity contribution in [2.24, 2.45) is 5.73 Å². The first-order valence-corrected chi connectivity index (χ1v) is 4.90. The molecule has 1 aliphatic rings. The second-order valence-corrected chi connectivity index (χ2v) is 4.04. The Morgan fingerprint density at radius 3 is 2.50 bits per heavy atom. The van der Waals surface area contributed by atoms with Crippen molar-refractivity contribution < 1.29 is 4.39 Å². The third kappa shape index (κ3) is 1.45. The molecule has 0 atom stereocenters. The molecule has 14 heavy (non-hydrogen) atoms. The van der Waals surface area contributed by atoms with Crippen molar-refractivity contribution in [3.63, 3.8) is 0 Å². The van der Waals surface area contributed by atoms with E-state index < -0.39 is 5.54 Å². The molecule has 74 valence electrons. The first kappa shape index (κ1) is 9.69. The van der Waals surface area contributed by atoms with Crippen LogP contribution in [0.25, 0.3) is 0 Å². The molecule has 2 N–H and O–H groups in total. The fourth-order valence-corrected chi connectivity index (χ4v) is 2.20. The van der Waals surface area contributed by atoms with Crippen LogP contribution in [-0.4, -0.2) is 0 Å². The fraction of sp³-hybridized carbons (Fsp3) is 0.273. The molecule has 0 aromatic heterocycles. The van der Waals surface area contributed by atoms with Gasteiger partial charge in [0.2, 0.25) is 0 Å². The summed E-state index contributed by atoms with van der Waals surface area (Å²) >= 11 is 5.95. The second kappa shape index (κ2) is 3.37. The normalized spacial score (nSPS) is 18.8. The van der Waals surface area contributed by atoms with Gasteiger partial charge >= 0.3 is 0 Å². The van der Waals surface area contributed by atoms with Crippen LogP contribution in [0.2, 0.25) is 5.02 Å². The van der Waals surface area contributed by atoms with E-state index in [9.17, 15) is 4.39 Å². The Kier molecular flexibility index (Phi) is 2.33. The SMILES string of the molecule is NC1(c2c(F)cccc2Cl)CC=CC1. The van der Waals surface area contributed by atoms with E-state index in [-0.39, 0.29) is 5.82 Å². The Hall–Kier alpha value is -0.860. The molecule has 1 aromatic rings. The van der Waals surface area contributed by atoms with E-state index >= 15 is 0 Å². The molecule has 0 aliphatic heterocycles. The van der Waals surface area contributed by atoms with E-state index in [0.717, 1.165) is 0 Å². The van der Waals surface area contributed by atoms with Crippen molar-refractivity contribution in [2.75, 3.05) is 0 Å². The number of nitrogens with two attached hydrogens (primary N) is 1. The summed E-state index contributed by atoms with van der Waals surface area (Å²) in [5.41, 5.74) is 5.88. The van der Waals surface area contributed by atoms with Gasteiger partial charge in [0, 0.05) is 10.6 Å². The molecule has 0 fully saturated rings. The minimum absolute atomic E-state index is 0.316. The lowest BCUT2D eigenvalue weighted by Crippen LogP contribution is -2.34. The van der Waals surface area contributed by atoms with Gasteiger partial charge in [0.15, 0.2) is 0 Å². The zero-order chi connectivity index (χ0) is 10.2. The summed E-state index contributed by atoms with van der Waals surface area (Å²) in [5.74, 6) is -0.316. The number of hydrogen-bond acceptors (Lipinski definition) is 1. The Labute approximate surface area is 87.4 Å². The predicted molar refractivity (Wildman–Crippen MR) is 55.6 cm³/mol. The number of benzene rings is 1. The zero-order valence-corrected chi connectivity index (χ0v) is 8.39. The van der Waals surface area contributed by atoms with Gasteiger partial charge in [0.05, 0.1) is 5.54 Å². The Morgan fingerprint density at radius 2 is 1.93 bits per heavy atom. The Balaban J connectivity index is 2.50. The van der Waals surface area contributed by atoms with E-state index in [4.69, 9.17) is 17.3 Å². The summed E-state index contributed by atoms with van der Waals surface area (Å²) < 4.78 is 13.6. The van der Waals surface area contributed by atoms with E-state index in [0.29, 0.717) is 23.4 Å². The summed E-state index contributed by atoms with van der Waals surface area (Å²) in [6.45, 7) is 0. The van der Waals surface area contributed by atoms with E-state index in [1.54, 1.807) is 12.1 Å². The van der Waals surface area contributed by atoms with Crippen LogP contribution in [0.15, 0.2) is 30.4 Å². The van der Waals surface area contributed by atoms with Gasteiger partial charge in [-0.25, -0.2) is 4.39 Å². The first-order valence-electron chi connectivity index (χ1n) is 4.52. The predicted octanol–water partition coefficient (Wildman–Crippen LogP) is 2.98. The smallest absolute Gasteiger partial charge is 0.129 e. The third-order valence-electron chi connectivity index (χ3n) is 2.59. The van der Waals surface area contributed by atoms with Crippen molar-refractivity contribution in [3.8, 4) is 0 Å². The van der Waals surface area contributed by atoms with Gasteiger partial charge in [0.25, 0.3) is 0 Å². The van der Waals surface area contributed by atoms with E-state index in [1.807, 2.05) is 12.2 Å². The van der Waals surface area contributed by atoms with E-state index in [1.165, 1.54) is 6.07 Å². The molecule has 1 aromatic carbocycles. The van der Waals surface area contributed by atoms with Crippen LogP contribution in [0.3, 0.4) is 0 Å². The molecule has 0 saturated heterocycles. The van der Waals surface area contributed by atoms with Crippen LogP contribution in [0, 0.1) is 5.82 Å². The van der Waals surface area contributed by atoms with Gasteiger partial charge in [-0.15, -0.1) is 0 Å². The van der Waals surface area contributed by atoms with Crippen LogP contribution in [0.5, 0.6) is 0 Å². The highest BCUT2D eigenvalue weighted by molar-refractivity contribution is 6.31. The maximum Gasteiger partial charge on any atom is 0.129 e. The highest BCUT2D eigenvalue weighted by atomic mass is 35.5. The fourth-order valence-electron chi connectivity index (χ4n) is 1.85. The van der Waals surface area contributed by atoms with Crippen LogP contribution in [0.1, 0.15) is 18.4 Å². The quantitative estimate of drug-likeness (QED) is 0.711. The highest BCUT2D eigenvalue weighted by Crippen LogP contribution is 2.37. The van der Waals surface area contributed by atoms with Crippen LogP contribution >= 0.6 is 11.6 Å². The average Bonchev–Trinajstić information content (AvgIpc) is 2.52. The van der Waals surface area contributed by atoms with Crippen molar-refractivity contribution in [1.82, 2.24) is 0 Å². The summed E-state index contributed by atoms with van der Waals surface area (Å²) in [4.78, 5) is 0. The molecule has 0 heterocycles. The number of halogens is 2. The molecule has 0 bridgehead atoms. The number of rotatable bonds is 1. The van der Waals surface area contributed by atoms with Crippen molar-refractivity contribution in [1.29, 1.82) is 0 Å². The van der Waals surface area contributed by atoms with Crippen molar-refractivity contribution in [3.05, 3.63) is 46.8 Å². The maximum atomic E-state index is 13.6. The molecule has 0 saturated carbocycles. The van der Waals surface area contributed by atoms with Gasteiger partial charge in [-0.3, -0.25) is 0 Å². The maximum absolute atomic E-state index is 13.6. The molecule has 1 aliphatic carbocycles. The van der Waals surface area contributed by atoms with Crippen molar-refractivity contribution in [2.45, 2.75) is 18.4 Å². The molecule has 2 rings (SSSR count). The first-order chi connectivity index (χ1) is 6.63. The summed E-state index contributed by atoms with van der Waals surface area (Å²) in [5, 5.41) is 0.413. The average molecular weight is 212 g/mol. The molecule has 1 nitrogen and oxygen atoms in total. The van der Waals surface area contributed by atoms with Crippen molar-refractivity contribution >= 4 is 11.6 Å². The molecule has 0 spiro atoms. The summed E-state index contributed by atoms with van der Waals surface area (Å²) in [6.07, 6.45) is 5.22.